The molecule has 0 unspecified atom stereocenters. The topological polar surface area (TPSA) is 75.0 Å². The molecule has 0 spiro atoms. The fourth-order valence-corrected chi connectivity index (χ4v) is 3.97. The van der Waals surface area contributed by atoms with Crippen LogP contribution >= 0.6 is 11.8 Å². The highest BCUT2D eigenvalue weighted by atomic mass is 32.2. The molecule has 1 aromatic carbocycles. The Morgan fingerprint density at radius 1 is 1.35 bits per heavy atom. The van der Waals surface area contributed by atoms with Gasteiger partial charge in [-0.2, -0.15) is 27.2 Å². The van der Waals surface area contributed by atoms with Crippen LogP contribution in [0.4, 0.5) is 0 Å². The Kier molecular flexibility index (Phi) is 3.57. The van der Waals surface area contributed by atoms with E-state index in [0.29, 0.717) is 23.1 Å². The lowest BCUT2D eigenvalue weighted by Gasteiger charge is -2.34. The van der Waals surface area contributed by atoms with Gasteiger partial charge in [-0.3, -0.25) is 4.79 Å². The molecular weight excluding hydrogens is 312 g/mol. The zero-order chi connectivity index (χ0) is 15.8. The number of fused-ring (bicyclic) bond motifs is 1. The number of aromatic amines is 1. The van der Waals surface area contributed by atoms with Crippen LogP contribution in [-0.2, 0) is 0 Å². The molecule has 0 aliphatic carbocycles. The number of hydrogen-bond acceptors (Lipinski definition) is 5. The quantitative estimate of drug-likeness (QED) is 0.783. The molecule has 1 N–H and O–H groups in total. The number of furan rings is 1. The Morgan fingerprint density at radius 3 is 3.09 bits per heavy atom. The minimum absolute atomic E-state index is 0.0242. The largest absolute Gasteiger partial charge is 0.464 e. The molecule has 23 heavy (non-hydrogen) atoms. The normalized spacial score (nSPS) is 18.5. The maximum absolute atomic E-state index is 13.1. The average molecular weight is 328 g/mol. The lowest BCUT2D eigenvalue weighted by Crippen LogP contribution is -2.40. The van der Waals surface area contributed by atoms with E-state index < -0.39 is 0 Å². The zero-order valence-electron chi connectivity index (χ0n) is 12.7. The summed E-state index contributed by atoms with van der Waals surface area (Å²) in [6.45, 7) is 2.61. The number of carbonyl (C=O) groups excluding carboxylic acids is 1. The van der Waals surface area contributed by atoms with E-state index in [1.807, 2.05) is 47.9 Å². The zero-order valence-corrected chi connectivity index (χ0v) is 13.5. The molecule has 118 valence electrons. The molecule has 7 heteroatoms. The van der Waals surface area contributed by atoms with Crippen molar-refractivity contribution >= 4 is 28.7 Å². The van der Waals surface area contributed by atoms with Gasteiger partial charge in [0.15, 0.2) is 0 Å². The predicted molar refractivity (Wildman–Crippen MR) is 88.4 cm³/mol. The highest BCUT2D eigenvalue weighted by Crippen LogP contribution is 2.32. The SMILES string of the molecule is Cc1ccc([C@H]2CSCCN2C(=O)c2cccc3n[nH]nc23)o1. The van der Waals surface area contributed by atoms with Crippen molar-refractivity contribution in [3.05, 3.63) is 47.4 Å². The molecule has 0 radical (unpaired) electrons. The first kappa shape index (κ1) is 14.3. The van der Waals surface area contributed by atoms with Crippen molar-refractivity contribution in [3.63, 3.8) is 0 Å². The molecule has 4 rings (SSSR count). The number of carbonyl (C=O) groups is 1. The second-order valence-electron chi connectivity index (χ2n) is 5.53. The number of hydrogen-bond donors (Lipinski definition) is 1. The number of H-pyrrole nitrogens is 1. The fraction of sp³-hybridized carbons (Fsp3) is 0.312. The Hall–Kier alpha value is -2.28. The number of nitrogens with zero attached hydrogens (tertiary/aromatic N) is 3. The average Bonchev–Trinajstić information content (AvgIpc) is 3.22. The third-order valence-corrected chi connectivity index (χ3v) is 5.08. The van der Waals surface area contributed by atoms with Crippen LogP contribution in [-0.4, -0.2) is 44.3 Å². The van der Waals surface area contributed by atoms with Gasteiger partial charge in [0, 0.05) is 18.1 Å². The Labute approximate surface area is 137 Å². The van der Waals surface area contributed by atoms with Gasteiger partial charge < -0.3 is 9.32 Å². The summed E-state index contributed by atoms with van der Waals surface area (Å²) < 4.78 is 5.77. The second-order valence-corrected chi connectivity index (χ2v) is 6.68. The summed E-state index contributed by atoms with van der Waals surface area (Å²) in [5.74, 6) is 3.45. The van der Waals surface area contributed by atoms with E-state index in [0.717, 1.165) is 23.0 Å². The number of para-hydroxylation sites is 1. The molecule has 1 saturated heterocycles. The van der Waals surface area contributed by atoms with E-state index in [2.05, 4.69) is 15.4 Å². The van der Waals surface area contributed by atoms with E-state index in [-0.39, 0.29) is 11.9 Å². The van der Waals surface area contributed by atoms with E-state index in [1.165, 1.54) is 0 Å². The van der Waals surface area contributed by atoms with Gasteiger partial charge >= 0.3 is 0 Å². The lowest BCUT2D eigenvalue weighted by molar-refractivity contribution is 0.0683. The van der Waals surface area contributed by atoms with Crippen molar-refractivity contribution in [2.24, 2.45) is 0 Å². The highest BCUT2D eigenvalue weighted by Gasteiger charge is 2.32. The second kappa shape index (κ2) is 5.73. The summed E-state index contributed by atoms with van der Waals surface area (Å²) in [5, 5.41) is 10.8. The number of amides is 1. The summed E-state index contributed by atoms with van der Waals surface area (Å²) in [6.07, 6.45) is 0. The third-order valence-electron chi connectivity index (χ3n) is 4.06. The van der Waals surface area contributed by atoms with Crippen molar-refractivity contribution in [1.82, 2.24) is 20.3 Å². The molecular formula is C16H16N4O2S. The molecule has 1 aliphatic heterocycles. The van der Waals surface area contributed by atoms with Crippen molar-refractivity contribution in [3.8, 4) is 0 Å². The maximum atomic E-state index is 13.1. The molecule has 1 atom stereocenters. The van der Waals surface area contributed by atoms with Gasteiger partial charge in [-0.15, -0.1) is 0 Å². The first-order valence-corrected chi connectivity index (χ1v) is 8.64. The van der Waals surface area contributed by atoms with Gasteiger partial charge in [-0.25, -0.2) is 0 Å². The standard InChI is InChI=1S/C16H16N4O2S/c1-10-5-6-14(22-10)13-9-23-8-7-20(13)16(21)11-3-2-4-12-15(11)18-19-17-12/h2-6,13H,7-9H2,1H3,(H,17,18,19)/t13-/m1/s1. The highest BCUT2D eigenvalue weighted by molar-refractivity contribution is 7.99. The number of benzene rings is 1. The molecule has 1 amide bonds. The Morgan fingerprint density at radius 2 is 2.26 bits per heavy atom. The fourth-order valence-electron chi connectivity index (χ4n) is 2.91. The summed E-state index contributed by atoms with van der Waals surface area (Å²) in [7, 11) is 0. The van der Waals surface area contributed by atoms with Crippen LogP contribution in [0.2, 0.25) is 0 Å². The molecule has 1 aliphatic rings. The van der Waals surface area contributed by atoms with Crippen molar-refractivity contribution < 1.29 is 9.21 Å². The predicted octanol–water partition coefficient (Wildman–Crippen LogP) is 2.79. The van der Waals surface area contributed by atoms with Crippen molar-refractivity contribution in [2.75, 3.05) is 18.1 Å². The molecule has 2 aromatic heterocycles. The summed E-state index contributed by atoms with van der Waals surface area (Å²) in [5.41, 5.74) is 1.90. The number of aryl methyl sites for hydroxylation is 1. The van der Waals surface area contributed by atoms with E-state index in [9.17, 15) is 4.79 Å². The summed E-state index contributed by atoms with van der Waals surface area (Å²) in [6, 6.07) is 9.34. The van der Waals surface area contributed by atoms with Crippen molar-refractivity contribution in [2.45, 2.75) is 13.0 Å². The van der Waals surface area contributed by atoms with E-state index in [4.69, 9.17) is 4.42 Å². The molecule has 1 fully saturated rings. The van der Waals surface area contributed by atoms with E-state index in [1.54, 1.807) is 6.07 Å². The number of rotatable bonds is 2. The van der Waals surface area contributed by atoms with E-state index >= 15 is 0 Å². The van der Waals surface area contributed by atoms with Crippen LogP contribution in [0.5, 0.6) is 0 Å². The van der Waals surface area contributed by atoms with Gasteiger partial charge in [0.2, 0.25) is 0 Å². The van der Waals surface area contributed by atoms with Crippen LogP contribution in [0.3, 0.4) is 0 Å². The summed E-state index contributed by atoms with van der Waals surface area (Å²) in [4.78, 5) is 15.0. The maximum Gasteiger partial charge on any atom is 0.256 e. The molecule has 6 nitrogen and oxygen atoms in total. The van der Waals surface area contributed by atoms with Gasteiger partial charge in [0.05, 0.1) is 11.6 Å². The molecule has 3 aromatic rings. The Bertz CT molecular complexity index is 857. The van der Waals surface area contributed by atoms with Gasteiger partial charge in [-0.1, -0.05) is 6.07 Å². The van der Waals surface area contributed by atoms with Gasteiger partial charge in [-0.05, 0) is 31.2 Å². The first-order chi connectivity index (χ1) is 11.2. The third kappa shape index (κ3) is 2.50. The Balaban J connectivity index is 1.72. The lowest BCUT2D eigenvalue weighted by atomic mass is 10.1. The first-order valence-electron chi connectivity index (χ1n) is 7.48. The van der Waals surface area contributed by atoms with Crippen LogP contribution in [0, 0.1) is 6.92 Å². The summed E-state index contributed by atoms with van der Waals surface area (Å²) >= 11 is 1.84. The molecule has 0 saturated carbocycles. The molecule has 0 bridgehead atoms. The number of nitrogens with one attached hydrogen (secondary N) is 1. The number of thioether (sulfide) groups is 1. The van der Waals surface area contributed by atoms with Gasteiger partial charge in [0.25, 0.3) is 5.91 Å². The monoisotopic (exact) mass is 328 g/mol. The van der Waals surface area contributed by atoms with Crippen LogP contribution in [0.25, 0.3) is 11.0 Å². The smallest absolute Gasteiger partial charge is 0.256 e. The van der Waals surface area contributed by atoms with Crippen LogP contribution in [0.1, 0.15) is 27.9 Å². The van der Waals surface area contributed by atoms with Gasteiger partial charge in [0.1, 0.15) is 22.6 Å². The van der Waals surface area contributed by atoms with Crippen LogP contribution in [0.15, 0.2) is 34.7 Å². The molecule has 3 heterocycles. The minimum atomic E-state index is -0.0443. The minimum Gasteiger partial charge on any atom is -0.464 e. The van der Waals surface area contributed by atoms with Crippen LogP contribution < -0.4 is 0 Å². The van der Waals surface area contributed by atoms with Crippen molar-refractivity contribution in [1.29, 1.82) is 0 Å². The number of aromatic nitrogens is 3.